The van der Waals surface area contributed by atoms with Crippen molar-refractivity contribution < 1.29 is 9.50 Å². The van der Waals surface area contributed by atoms with Crippen LogP contribution < -0.4 is 5.73 Å². The number of halogens is 3. The predicted octanol–water partition coefficient (Wildman–Crippen LogP) is 3.17. The molecule has 0 saturated carbocycles. The lowest BCUT2D eigenvalue weighted by Crippen LogP contribution is -2.26. The van der Waals surface area contributed by atoms with Crippen molar-refractivity contribution in [2.45, 2.75) is 31.9 Å². The molecule has 0 heterocycles. The fraction of sp³-hybridized carbons (Fsp3) is 0.455. The van der Waals surface area contributed by atoms with Crippen LogP contribution in [0.5, 0.6) is 0 Å². The van der Waals surface area contributed by atoms with Gasteiger partial charge in [-0.15, -0.1) is 12.4 Å². The molecule has 5 heteroatoms. The van der Waals surface area contributed by atoms with E-state index in [0.717, 1.165) is 6.42 Å². The smallest absolute Gasteiger partial charge is 0.137 e. The number of hydrogen-bond donors (Lipinski definition) is 2. The van der Waals surface area contributed by atoms with Gasteiger partial charge in [0.15, 0.2) is 0 Å². The minimum atomic E-state index is -0.631. The second kappa shape index (κ2) is 7.22. The predicted molar refractivity (Wildman–Crippen MR) is 69.2 cm³/mol. The zero-order valence-corrected chi connectivity index (χ0v) is 11.4. The van der Waals surface area contributed by atoms with E-state index in [1.165, 1.54) is 6.07 Å². The molecule has 1 rings (SSSR count). The van der Waals surface area contributed by atoms with Crippen LogP contribution in [0.25, 0.3) is 0 Å². The van der Waals surface area contributed by atoms with Crippen molar-refractivity contribution >= 4 is 28.3 Å². The lowest BCUT2D eigenvalue weighted by Gasteiger charge is -2.19. The highest BCUT2D eigenvalue weighted by Crippen LogP contribution is 2.27. The molecule has 0 bridgehead atoms. The lowest BCUT2D eigenvalue weighted by atomic mass is 9.99. The second-order valence-electron chi connectivity index (χ2n) is 3.52. The molecule has 0 aromatic heterocycles. The van der Waals surface area contributed by atoms with Gasteiger partial charge in [0.1, 0.15) is 5.82 Å². The monoisotopic (exact) mass is 311 g/mol. The van der Waals surface area contributed by atoms with Crippen LogP contribution in [0.2, 0.25) is 0 Å². The fourth-order valence-corrected chi connectivity index (χ4v) is 1.99. The van der Waals surface area contributed by atoms with Gasteiger partial charge in [-0.3, -0.25) is 0 Å². The number of nitrogens with two attached hydrogens (primary N) is 1. The van der Waals surface area contributed by atoms with Crippen molar-refractivity contribution in [3.8, 4) is 0 Å². The summed E-state index contributed by atoms with van der Waals surface area (Å²) in [7, 11) is 0. The van der Waals surface area contributed by atoms with E-state index in [-0.39, 0.29) is 18.2 Å². The van der Waals surface area contributed by atoms with E-state index in [1.807, 2.05) is 6.92 Å². The summed E-state index contributed by atoms with van der Waals surface area (Å²) in [6, 6.07) is 4.12. The highest BCUT2D eigenvalue weighted by molar-refractivity contribution is 9.10. The molecule has 2 nitrogen and oxygen atoms in total. The molecule has 16 heavy (non-hydrogen) atoms. The molecule has 0 radical (unpaired) electrons. The van der Waals surface area contributed by atoms with Gasteiger partial charge in [0.25, 0.3) is 0 Å². The molecule has 0 aliphatic heterocycles. The number of aliphatic hydroxyl groups excluding tert-OH is 1. The summed E-state index contributed by atoms with van der Waals surface area (Å²) >= 11 is 3.13. The third-order valence-electron chi connectivity index (χ3n) is 2.34. The number of rotatable bonds is 4. The fourth-order valence-electron chi connectivity index (χ4n) is 1.46. The SMILES string of the molecule is CCC[C@@H](O)[C@@H](N)c1cccc(F)c1Br.Cl. The van der Waals surface area contributed by atoms with Crippen LogP contribution in [0.15, 0.2) is 22.7 Å². The van der Waals surface area contributed by atoms with Gasteiger partial charge in [0, 0.05) is 0 Å². The summed E-state index contributed by atoms with van der Waals surface area (Å²) in [4.78, 5) is 0. The molecule has 0 aliphatic rings. The van der Waals surface area contributed by atoms with Crippen molar-refractivity contribution in [1.29, 1.82) is 0 Å². The zero-order valence-electron chi connectivity index (χ0n) is 8.99. The maximum absolute atomic E-state index is 13.2. The molecule has 92 valence electrons. The Labute approximate surface area is 110 Å². The van der Waals surface area contributed by atoms with Crippen molar-refractivity contribution in [3.63, 3.8) is 0 Å². The molecular weight excluding hydrogens is 296 g/mol. The van der Waals surface area contributed by atoms with Crippen LogP contribution in [-0.4, -0.2) is 11.2 Å². The van der Waals surface area contributed by atoms with E-state index in [1.54, 1.807) is 12.1 Å². The molecule has 0 unspecified atom stereocenters. The third kappa shape index (κ3) is 3.70. The molecule has 0 spiro atoms. The van der Waals surface area contributed by atoms with Crippen LogP contribution in [0, 0.1) is 5.82 Å². The highest BCUT2D eigenvalue weighted by Gasteiger charge is 2.19. The van der Waals surface area contributed by atoms with Gasteiger partial charge in [-0.05, 0) is 34.0 Å². The Morgan fingerprint density at radius 1 is 1.50 bits per heavy atom. The zero-order chi connectivity index (χ0) is 11.4. The lowest BCUT2D eigenvalue weighted by molar-refractivity contribution is 0.134. The van der Waals surface area contributed by atoms with E-state index < -0.39 is 12.1 Å². The molecule has 1 aromatic carbocycles. The molecule has 3 N–H and O–H groups in total. The molecule has 0 fully saturated rings. The highest BCUT2D eigenvalue weighted by atomic mass is 79.9. The molecule has 0 saturated heterocycles. The molecule has 0 amide bonds. The van der Waals surface area contributed by atoms with E-state index in [0.29, 0.717) is 16.5 Å². The first-order valence-corrected chi connectivity index (χ1v) is 5.74. The Hall–Kier alpha value is -0.160. The summed E-state index contributed by atoms with van der Waals surface area (Å²) in [5.41, 5.74) is 6.46. The summed E-state index contributed by atoms with van der Waals surface area (Å²) in [6.45, 7) is 1.97. The first kappa shape index (κ1) is 15.8. The Kier molecular flexibility index (Phi) is 7.15. The molecule has 2 atom stereocenters. The summed E-state index contributed by atoms with van der Waals surface area (Å²) in [6.07, 6.45) is 0.833. The van der Waals surface area contributed by atoms with Crippen molar-refractivity contribution in [2.24, 2.45) is 5.73 Å². The number of hydrogen-bond acceptors (Lipinski definition) is 2. The Balaban J connectivity index is 0.00000225. The average Bonchev–Trinajstić information content (AvgIpc) is 2.21. The molecule has 0 aliphatic carbocycles. The molecular formula is C11H16BrClFNO. The van der Waals surface area contributed by atoms with Crippen LogP contribution in [0.1, 0.15) is 31.4 Å². The topological polar surface area (TPSA) is 46.2 Å². The van der Waals surface area contributed by atoms with E-state index >= 15 is 0 Å². The Bertz CT molecular complexity index is 338. The van der Waals surface area contributed by atoms with Gasteiger partial charge >= 0.3 is 0 Å². The maximum Gasteiger partial charge on any atom is 0.137 e. The summed E-state index contributed by atoms with van der Waals surface area (Å²) in [5, 5.41) is 9.72. The van der Waals surface area contributed by atoms with Crippen LogP contribution in [0.4, 0.5) is 4.39 Å². The van der Waals surface area contributed by atoms with E-state index in [2.05, 4.69) is 15.9 Å². The van der Waals surface area contributed by atoms with Gasteiger partial charge in [0.05, 0.1) is 16.6 Å². The first-order valence-electron chi connectivity index (χ1n) is 4.95. The van der Waals surface area contributed by atoms with Crippen LogP contribution >= 0.6 is 28.3 Å². The second-order valence-corrected chi connectivity index (χ2v) is 4.32. The Morgan fingerprint density at radius 2 is 2.12 bits per heavy atom. The maximum atomic E-state index is 13.2. The number of aliphatic hydroxyl groups is 1. The third-order valence-corrected chi connectivity index (χ3v) is 3.18. The van der Waals surface area contributed by atoms with Crippen molar-refractivity contribution in [1.82, 2.24) is 0 Å². The average molecular weight is 313 g/mol. The van der Waals surface area contributed by atoms with Gasteiger partial charge in [-0.25, -0.2) is 4.39 Å². The van der Waals surface area contributed by atoms with Crippen molar-refractivity contribution in [3.05, 3.63) is 34.1 Å². The number of benzene rings is 1. The largest absolute Gasteiger partial charge is 0.391 e. The molecule has 1 aromatic rings. The normalized spacial score (nSPS) is 14.1. The van der Waals surface area contributed by atoms with Gasteiger partial charge < -0.3 is 10.8 Å². The van der Waals surface area contributed by atoms with Gasteiger partial charge in [-0.2, -0.15) is 0 Å². The minimum absolute atomic E-state index is 0. The first-order chi connectivity index (χ1) is 7.07. The standard InChI is InChI=1S/C11H15BrFNO.ClH/c1-2-4-9(15)11(14)7-5-3-6-8(13)10(7)12;/h3,5-6,9,11,15H,2,4,14H2,1H3;1H/t9-,11+;/m1./s1. The van der Waals surface area contributed by atoms with Crippen LogP contribution in [0.3, 0.4) is 0 Å². The quantitative estimate of drug-likeness (QED) is 0.897. The summed E-state index contributed by atoms with van der Waals surface area (Å²) < 4.78 is 13.5. The van der Waals surface area contributed by atoms with E-state index in [9.17, 15) is 9.50 Å². The van der Waals surface area contributed by atoms with Gasteiger partial charge in [0.2, 0.25) is 0 Å². The minimum Gasteiger partial charge on any atom is -0.391 e. The van der Waals surface area contributed by atoms with Gasteiger partial charge in [-0.1, -0.05) is 25.5 Å². The summed E-state index contributed by atoms with van der Waals surface area (Å²) in [5.74, 6) is -0.355. The Morgan fingerprint density at radius 3 is 2.69 bits per heavy atom. The van der Waals surface area contributed by atoms with Crippen molar-refractivity contribution in [2.75, 3.05) is 0 Å². The van der Waals surface area contributed by atoms with Crippen LogP contribution in [-0.2, 0) is 0 Å². The van der Waals surface area contributed by atoms with E-state index in [4.69, 9.17) is 5.73 Å².